The molecular formula is C7H9N5S2. The van der Waals surface area contributed by atoms with E-state index in [1.807, 2.05) is 19.4 Å². The summed E-state index contributed by atoms with van der Waals surface area (Å²) in [5.41, 5.74) is 6.52. The van der Waals surface area contributed by atoms with Gasteiger partial charge in [0.05, 0.1) is 6.20 Å². The van der Waals surface area contributed by atoms with E-state index in [2.05, 4.69) is 14.7 Å². The molecule has 0 atom stereocenters. The fourth-order valence-corrected chi connectivity index (χ4v) is 2.34. The summed E-state index contributed by atoms with van der Waals surface area (Å²) in [5, 5.41) is 8.70. The monoisotopic (exact) mass is 227 g/mol. The third kappa shape index (κ3) is 2.05. The van der Waals surface area contributed by atoms with Gasteiger partial charge in [-0.1, -0.05) is 4.49 Å². The van der Waals surface area contributed by atoms with Gasteiger partial charge in [-0.05, 0) is 0 Å². The van der Waals surface area contributed by atoms with Gasteiger partial charge >= 0.3 is 0 Å². The molecule has 0 bridgehead atoms. The van der Waals surface area contributed by atoms with Crippen LogP contribution in [0.5, 0.6) is 0 Å². The van der Waals surface area contributed by atoms with Crippen molar-refractivity contribution in [3.8, 4) is 0 Å². The predicted octanol–water partition coefficient (Wildman–Crippen LogP) is 1.15. The predicted molar refractivity (Wildman–Crippen MR) is 57.1 cm³/mol. The molecule has 14 heavy (non-hydrogen) atoms. The average Bonchev–Trinajstić information content (AvgIpc) is 2.72. The maximum absolute atomic E-state index is 5.67. The minimum Gasteiger partial charge on any atom is -0.388 e. The molecule has 0 aromatic carbocycles. The van der Waals surface area contributed by atoms with Gasteiger partial charge in [-0.2, -0.15) is 5.10 Å². The standard InChI is InChI=1S/C7H9N5S2/c1-12-3-5(2-9-12)13-4-6-7(8)14-11-10-6/h2-3H,4,8H2,1H3. The number of thioether (sulfide) groups is 1. The third-order valence-corrected chi connectivity index (χ3v) is 3.20. The molecule has 0 unspecified atom stereocenters. The SMILES string of the molecule is Cn1cc(SCc2nnsc2N)cn1. The van der Waals surface area contributed by atoms with E-state index in [1.165, 1.54) is 11.5 Å². The third-order valence-electron chi connectivity index (χ3n) is 1.64. The highest BCUT2D eigenvalue weighted by Gasteiger charge is 2.05. The molecule has 2 rings (SSSR count). The molecule has 2 heterocycles. The van der Waals surface area contributed by atoms with Crippen LogP contribution in [-0.4, -0.2) is 19.4 Å². The van der Waals surface area contributed by atoms with Gasteiger partial charge in [-0.15, -0.1) is 16.9 Å². The highest BCUT2D eigenvalue weighted by Crippen LogP contribution is 2.24. The molecule has 0 saturated carbocycles. The van der Waals surface area contributed by atoms with Crippen LogP contribution in [0.15, 0.2) is 17.3 Å². The Morgan fingerprint density at radius 3 is 3.07 bits per heavy atom. The normalized spacial score (nSPS) is 10.6. The smallest absolute Gasteiger partial charge is 0.131 e. The summed E-state index contributed by atoms with van der Waals surface area (Å²) < 4.78 is 5.54. The van der Waals surface area contributed by atoms with Gasteiger partial charge in [0.25, 0.3) is 0 Å². The van der Waals surface area contributed by atoms with Gasteiger partial charge in [-0.3, -0.25) is 4.68 Å². The lowest BCUT2D eigenvalue weighted by Crippen LogP contribution is -1.88. The van der Waals surface area contributed by atoms with E-state index in [9.17, 15) is 0 Å². The molecule has 74 valence electrons. The highest BCUT2D eigenvalue weighted by molar-refractivity contribution is 7.98. The molecule has 2 N–H and O–H groups in total. The van der Waals surface area contributed by atoms with Crippen molar-refractivity contribution in [3.05, 3.63) is 18.1 Å². The number of nitrogen functional groups attached to an aromatic ring is 1. The zero-order valence-electron chi connectivity index (χ0n) is 7.54. The van der Waals surface area contributed by atoms with Gasteiger partial charge in [0.1, 0.15) is 10.7 Å². The van der Waals surface area contributed by atoms with Gasteiger partial charge in [-0.25, -0.2) is 0 Å². The van der Waals surface area contributed by atoms with Crippen molar-refractivity contribution in [2.75, 3.05) is 5.73 Å². The summed E-state index contributed by atoms with van der Waals surface area (Å²) >= 11 is 2.88. The Hall–Kier alpha value is -1.08. The first-order valence-electron chi connectivity index (χ1n) is 3.94. The lowest BCUT2D eigenvalue weighted by Gasteiger charge is -1.94. The van der Waals surface area contributed by atoms with Gasteiger partial charge in [0.15, 0.2) is 0 Å². The van der Waals surface area contributed by atoms with E-state index in [0.29, 0.717) is 5.00 Å². The van der Waals surface area contributed by atoms with Crippen LogP contribution in [0, 0.1) is 0 Å². The number of aromatic nitrogens is 4. The van der Waals surface area contributed by atoms with Crippen molar-refractivity contribution in [2.45, 2.75) is 10.6 Å². The molecule has 0 radical (unpaired) electrons. The summed E-state index contributed by atoms with van der Waals surface area (Å²) in [7, 11) is 1.89. The van der Waals surface area contributed by atoms with E-state index in [4.69, 9.17) is 5.73 Å². The first kappa shape index (κ1) is 9.47. The van der Waals surface area contributed by atoms with Crippen LogP contribution < -0.4 is 5.73 Å². The zero-order chi connectivity index (χ0) is 9.97. The fourth-order valence-electron chi connectivity index (χ4n) is 0.941. The number of hydrogen-bond acceptors (Lipinski definition) is 6. The molecule has 0 amide bonds. The van der Waals surface area contributed by atoms with Crippen LogP contribution >= 0.6 is 23.3 Å². The summed E-state index contributed by atoms with van der Waals surface area (Å²) in [5.74, 6) is 0.744. The average molecular weight is 227 g/mol. The molecule has 0 aliphatic heterocycles. The van der Waals surface area contributed by atoms with Gasteiger partial charge in [0.2, 0.25) is 0 Å². The fraction of sp³-hybridized carbons (Fsp3) is 0.286. The second-order valence-electron chi connectivity index (χ2n) is 2.72. The lowest BCUT2D eigenvalue weighted by atomic mass is 10.5. The molecule has 0 spiro atoms. The van der Waals surface area contributed by atoms with Crippen LogP contribution in [0.2, 0.25) is 0 Å². The topological polar surface area (TPSA) is 69.6 Å². The molecule has 7 heteroatoms. The molecule has 0 saturated heterocycles. The van der Waals surface area contributed by atoms with Gasteiger partial charge < -0.3 is 5.73 Å². The van der Waals surface area contributed by atoms with Crippen LogP contribution in [0.1, 0.15) is 5.69 Å². The first-order chi connectivity index (χ1) is 6.75. The Morgan fingerprint density at radius 1 is 1.64 bits per heavy atom. The van der Waals surface area contributed by atoms with Crippen molar-refractivity contribution < 1.29 is 0 Å². The molecule has 2 aromatic heterocycles. The van der Waals surface area contributed by atoms with Crippen LogP contribution in [-0.2, 0) is 12.8 Å². The summed E-state index contributed by atoms with van der Waals surface area (Å²) in [6, 6.07) is 0. The van der Waals surface area contributed by atoms with Crippen LogP contribution in [0.3, 0.4) is 0 Å². The summed E-state index contributed by atoms with van der Waals surface area (Å²) in [4.78, 5) is 1.11. The second-order valence-corrected chi connectivity index (χ2v) is 4.56. The van der Waals surface area contributed by atoms with E-state index < -0.39 is 0 Å². The summed E-state index contributed by atoms with van der Waals surface area (Å²) in [6.07, 6.45) is 3.78. The van der Waals surface area contributed by atoms with Crippen molar-refractivity contribution in [2.24, 2.45) is 7.05 Å². The lowest BCUT2D eigenvalue weighted by molar-refractivity contribution is 0.766. The van der Waals surface area contributed by atoms with Crippen LogP contribution in [0.4, 0.5) is 5.00 Å². The minimum atomic E-state index is 0.696. The zero-order valence-corrected chi connectivity index (χ0v) is 9.18. The maximum atomic E-state index is 5.67. The Kier molecular flexibility index (Phi) is 2.69. The van der Waals surface area contributed by atoms with Crippen molar-refractivity contribution in [1.29, 1.82) is 0 Å². The number of nitrogens with zero attached hydrogens (tertiary/aromatic N) is 4. The molecule has 0 aliphatic carbocycles. The quantitative estimate of drug-likeness (QED) is 0.796. The molecule has 2 aromatic rings. The number of hydrogen-bond donors (Lipinski definition) is 1. The van der Waals surface area contributed by atoms with E-state index in [0.717, 1.165) is 16.3 Å². The van der Waals surface area contributed by atoms with Crippen molar-refractivity contribution >= 4 is 28.3 Å². The maximum Gasteiger partial charge on any atom is 0.131 e. The molecule has 0 fully saturated rings. The Bertz CT molecular complexity index is 421. The molecule has 5 nitrogen and oxygen atoms in total. The van der Waals surface area contributed by atoms with Crippen molar-refractivity contribution in [3.63, 3.8) is 0 Å². The van der Waals surface area contributed by atoms with E-state index in [1.54, 1.807) is 16.4 Å². The molecular weight excluding hydrogens is 218 g/mol. The largest absolute Gasteiger partial charge is 0.388 e. The Morgan fingerprint density at radius 2 is 2.50 bits per heavy atom. The Labute approximate surface area is 89.5 Å². The second kappa shape index (κ2) is 3.97. The molecule has 0 aliphatic rings. The number of anilines is 1. The number of aryl methyl sites for hydroxylation is 1. The number of nitrogens with two attached hydrogens (primary N) is 1. The van der Waals surface area contributed by atoms with Crippen molar-refractivity contribution in [1.82, 2.24) is 19.4 Å². The van der Waals surface area contributed by atoms with Gasteiger partial charge in [0, 0.05) is 35.4 Å². The Balaban J connectivity index is 1.98. The minimum absolute atomic E-state index is 0.696. The van der Waals surface area contributed by atoms with Crippen LogP contribution in [0.25, 0.3) is 0 Å². The first-order valence-corrected chi connectivity index (χ1v) is 5.70. The van der Waals surface area contributed by atoms with E-state index in [-0.39, 0.29) is 0 Å². The highest BCUT2D eigenvalue weighted by atomic mass is 32.2. The summed E-state index contributed by atoms with van der Waals surface area (Å²) in [6.45, 7) is 0. The van der Waals surface area contributed by atoms with E-state index >= 15 is 0 Å². The number of rotatable bonds is 3.